The molecule has 6 heteroatoms. The van der Waals surface area contributed by atoms with Crippen molar-refractivity contribution in [3.8, 4) is 6.07 Å². The first-order chi connectivity index (χ1) is 7.99. The smallest absolute Gasteiger partial charge is 0.240 e. The normalized spacial score (nSPS) is 13.0. The minimum Gasteiger partial charge on any atom is -0.395 e. The lowest BCUT2D eigenvalue weighted by atomic mass is 10.2. The molecule has 2 N–H and O–H groups in total. The Morgan fingerprint density at radius 1 is 1.41 bits per heavy atom. The van der Waals surface area contributed by atoms with E-state index in [1.54, 1.807) is 12.1 Å². The molecule has 0 unspecified atom stereocenters. The zero-order valence-corrected chi connectivity index (χ0v) is 10.2. The molecule has 1 atom stereocenters. The number of nitrogens with one attached hydrogen (secondary N) is 1. The van der Waals surface area contributed by atoms with Gasteiger partial charge in [-0.1, -0.05) is 17.7 Å². The van der Waals surface area contributed by atoms with E-state index in [1.807, 2.05) is 13.0 Å². The molecule has 0 aromatic heterocycles. The average molecular weight is 254 g/mol. The maximum absolute atomic E-state index is 11.9. The van der Waals surface area contributed by atoms with Crippen LogP contribution in [-0.4, -0.2) is 26.2 Å². The topological polar surface area (TPSA) is 90.2 Å². The number of hydrogen-bond donors (Lipinski definition) is 2. The predicted octanol–water partition coefficient (Wildman–Crippen LogP) is 0.548. The molecule has 0 amide bonds. The van der Waals surface area contributed by atoms with Crippen LogP contribution in [0.3, 0.4) is 0 Å². The van der Waals surface area contributed by atoms with E-state index in [4.69, 9.17) is 10.4 Å². The van der Waals surface area contributed by atoms with E-state index in [0.29, 0.717) is 0 Å². The number of sulfonamides is 1. The summed E-state index contributed by atoms with van der Waals surface area (Å²) >= 11 is 0. The molecule has 0 aliphatic rings. The van der Waals surface area contributed by atoms with Gasteiger partial charge in [0, 0.05) is 0 Å². The third-order valence-corrected chi connectivity index (χ3v) is 3.75. The van der Waals surface area contributed by atoms with Gasteiger partial charge in [-0.15, -0.1) is 0 Å². The van der Waals surface area contributed by atoms with E-state index in [2.05, 4.69) is 4.72 Å². The van der Waals surface area contributed by atoms with Gasteiger partial charge in [-0.2, -0.15) is 5.26 Å². The van der Waals surface area contributed by atoms with E-state index in [-0.39, 0.29) is 11.3 Å². The number of nitrogens with zero attached hydrogens (tertiary/aromatic N) is 1. The van der Waals surface area contributed by atoms with Crippen molar-refractivity contribution < 1.29 is 13.5 Å². The second kappa shape index (κ2) is 5.77. The molecule has 92 valence electrons. The van der Waals surface area contributed by atoms with Gasteiger partial charge in [0.15, 0.2) is 0 Å². The van der Waals surface area contributed by atoms with Crippen LogP contribution in [0.15, 0.2) is 29.2 Å². The summed E-state index contributed by atoms with van der Waals surface area (Å²) in [5.74, 6) is 0. The highest BCUT2D eigenvalue weighted by Crippen LogP contribution is 2.10. The van der Waals surface area contributed by atoms with Gasteiger partial charge in [-0.25, -0.2) is 13.1 Å². The van der Waals surface area contributed by atoms with Gasteiger partial charge < -0.3 is 5.11 Å². The Morgan fingerprint density at radius 2 is 2.00 bits per heavy atom. The average Bonchev–Trinajstić information content (AvgIpc) is 2.28. The van der Waals surface area contributed by atoms with Crippen molar-refractivity contribution in [2.45, 2.75) is 24.3 Å². The van der Waals surface area contributed by atoms with Crippen LogP contribution in [0.1, 0.15) is 12.0 Å². The maximum atomic E-state index is 11.9. The standard InChI is InChI=1S/C11H14N2O3S/c1-9-2-4-11(5-3-9)17(15,16)13-10(8-14)6-7-12/h2-5,10,13-14H,6,8H2,1H3/t10-/m1/s1. The fraction of sp³-hybridized carbons (Fsp3) is 0.364. The van der Waals surface area contributed by atoms with Crippen molar-refractivity contribution in [3.63, 3.8) is 0 Å². The summed E-state index contributed by atoms with van der Waals surface area (Å²) in [6.45, 7) is 1.45. The van der Waals surface area contributed by atoms with Gasteiger partial charge in [0.25, 0.3) is 0 Å². The molecule has 0 heterocycles. The molecule has 0 aliphatic carbocycles. The lowest BCUT2D eigenvalue weighted by Crippen LogP contribution is -2.37. The predicted molar refractivity (Wildman–Crippen MR) is 62.6 cm³/mol. The number of aliphatic hydroxyl groups excluding tert-OH is 1. The Kier molecular flexibility index (Phi) is 4.63. The summed E-state index contributed by atoms with van der Waals surface area (Å²) in [6.07, 6.45) is -0.0679. The maximum Gasteiger partial charge on any atom is 0.240 e. The SMILES string of the molecule is Cc1ccc(S(=O)(=O)N[C@@H](CO)CC#N)cc1. The zero-order valence-electron chi connectivity index (χ0n) is 9.42. The Bertz CT molecular complexity index is 503. The molecular formula is C11H14N2O3S. The van der Waals surface area contributed by atoms with E-state index in [0.717, 1.165) is 5.56 Å². The molecule has 0 radical (unpaired) electrons. The van der Waals surface area contributed by atoms with Gasteiger partial charge in [0.05, 0.1) is 30.0 Å². The van der Waals surface area contributed by atoms with Crippen molar-refractivity contribution >= 4 is 10.0 Å². The van der Waals surface area contributed by atoms with Gasteiger partial charge in [0.1, 0.15) is 0 Å². The molecule has 1 aromatic rings. The number of nitriles is 1. The molecule has 0 fully saturated rings. The third kappa shape index (κ3) is 3.82. The number of hydrogen-bond acceptors (Lipinski definition) is 4. The number of aryl methyl sites for hydroxylation is 1. The molecule has 0 bridgehead atoms. The molecule has 0 saturated carbocycles. The highest BCUT2D eigenvalue weighted by Gasteiger charge is 2.19. The highest BCUT2D eigenvalue weighted by atomic mass is 32.2. The number of benzene rings is 1. The third-order valence-electron chi connectivity index (χ3n) is 2.21. The van der Waals surface area contributed by atoms with Crippen molar-refractivity contribution in [2.24, 2.45) is 0 Å². The first-order valence-electron chi connectivity index (χ1n) is 5.06. The van der Waals surface area contributed by atoms with Gasteiger partial charge in [-0.3, -0.25) is 0 Å². The van der Waals surface area contributed by atoms with Crippen LogP contribution in [-0.2, 0) is 10.0 Å². The summed E-state index contributed by atoms with van der Waals surface area (Å²) in [5.41, 5.74) is 0.958. The van der Waals surface area contributed by atoms with Crippen molar-refractivity contribution in [1.29, 1.82) is 5.26 Å². The van der Waals surface area contributed by atoms with Crippen LogP contribution in [0.25, 0.3) is 0 Å². The Labute approximate surface area is 101 Å². The highest BCUT2D eigenvalue weighted by molar-refractivity contribution is 7.89. The van der Waals surface area contributed by atoms with Crippen LogP contribution in [0.2, 0.25) is 0 Å². The van der Waals surface area contributed by atoms with Crippen molar-refractivity contribution in [2.75, 3.05) is 6.61 Å². The Hall–Kier alpha value is -1.42. The zero-order chi connectivity index (χ0) is 12.9. The fourth-order valence-corrected chi connectivity index (χ4v) is 2.49. The van der Waals surface area contributed by atoms with E-state index < -0.39 is 22.7 Å². The number of aliphatic hydroxyl groups is 1. The number of rotatable bonds is 5. The molecule has 17 heavy (non-hydrogen) atoms. The molecule has 1 rings (SSSR count). The quantitative estimate of drug-likeness (QED) is 0.802. The summed E-state index contributed by atoms with van der Waals surface area (Å²) < 4.78 is 26.0. The van der Waals surface area contributed by atoms with E-state index >= 15 is 0 Å². The van der Waals surface area contributed by atoms with Gasteiger partial charge >= 0.3 is 0 Å². The van der Waals surface area contributed by atoms with E-state index in [1.165, 1.54) is 12.1 Å². The summed E-state index contributed by atoms with van der Waals surface area (Å²) in [7, 11) is -3.67. The molecule has 1 aromatic carbocycles. The Balaban J connectivity index is 2.89. The summed E-state index contributed by atoms with van der Waals surface area (Å²) in [4.78, 5) is 0.125. The van der Waals surface area contributed by atoms with Gasteiger partial charge in [0.2, 0.25) is 10.0 Å². The minimum atomic E-state index is -3.67. The largest absolute Gasteiger partial charge is 0.395 e. The first-order valence-corrected chi connectivity index (χ1v) is 6.54. The van der Waals surface area contributed by atoms with Crippen LogP contribution in [0.4, 0.5) is 0 Å². The van der Waals surface area contributed by atoms with Gasteiger partial charge in [-0.05, 0) is 19.1 Å². The second-order valence-electron chi connectivity index (χ2n) is 3.68. The second-order valence-corrected chi connectivity index (χ2v) is 5.39. The summed E-state index contributed by atoms with van der Waals surface area (Å²) in [6, 6.07) is 7.39. The lowest BCUT2D eigenvalue weighted by Gasteiger charge is -2.13. The van der Waals surface area contributed by atoms with Crippen molar-refractivity contribution in [3.05, 3.63) is 29.8 Å². The van der Waals surface area contributed by atoms with Crippen LogP contribution in [0.5, 0.6) is 0 Å². The van der Waals surface area contributed by atoms with Crippen LogP contribution in [0, 0.1) is 18.3 Å². The summed E-state index contributed by atoms with van der Waals surface area (Å²) in [5, 5.41) is 17.4. The molecule has 5 nitrogen and oxygen atoms in total. The molecule has 0 saturated heterocycles. The monoisotopic (exact) mass is 254 g/mol. The van der Waals surface area contributed by atoms with Crippen molar-refractivity contribution in [1.82, 2.24) is 4.72 Å². The lowest BCUT2D eigenvalue weighted by molar-refractivity contribution is 0.258. The molecular weight excluding hydrogens is 240 g/mol. The Morgan fingerprint density at radius 3 is 2.47 bits per heavy atom. The van der Waals surface area contributed by atoms with E-state index in [9.17, 15) is 8.42 Å². The fourth-order valence-electron chi connectivity index (χ4n) is 1.26. The minimum absolute atomic E-state index is 0.0679. The molecule has 0 spiro atoms. The van der Waals surface area contributed by atoms with Crippen LogP contribution >= 0.6 is 0 Å². The molecule has 0 aliphatic heterocycles. The van der Waals surface area contributed by atoms with Crippen LogP contribution < -0.4 is 4.72 Å². The first kappa shape index (κ1) is 13.6.